The summed E-state index contributed by atoms with van der Waals surface area (Å²) in [5, 5.41) is 0. The van der Waals surface area contributed by atoms with E-state index in [0.29, 0.717) is 0 Å². The quantitative estimate of drug-likeness (QED) is 0.536. The van der Waals surface area contributed by atoms with Crippen LogP contribution in [0.3, 0.4) is 0 Å². The summed E-state index contributed by atoms with van der Waals surface area (Å²) in [6.45, 7) is 4.25. The van der Waals surface area contributed by atoms with E-state index in [9.17, 15) is 0 Å². The maximum Gasteiger partial charge on any atom is -0.0550 e. The fourth-order valence-corrected chi connectivity index (χ4v) is 0.655. The van der Waals surface area contributed by atoms with Crippen molar-refractivity contribution >= 4 is 0 Å². The van der Waals surface area contributed by atoms with Crippen molar-refractivity contribution in [2.24, 2.45) is 0 Å². The lowest BCUT2D eigenvalue weighted by Gasteiger charge is -2.15. The molecule has 50 valence electrons. The molecule has 1 atom stereocenters. The molecule has 0 aromatic rings. The van der Waals surface area contributed by atoms with Gasteiger partial charge in [-0.3, -0.25) is 0 Å². The summed E-state index contributed by atoms with van der Waals surface area (Å²) in [5.41, 5.74) is 7.32. The van der Waals surface area contributed by atoms with Crippen LogP contribution in [0, 0.1) is 0 Å². The Labute approximate surface area is 52.3 Å². The summed E-state index contributed by atoms with van der Waals surface area (Å²) >= 11 is 0. The van der Waals surface area contributed by atoms with Crippen molar-refractivity contribution in [2.75, 3.05) is 0 Å². The number of rotatable bonds is 4. The zero-order valence-corrected chi connectivity index (χ0v) is 5.91. The van der Waals surface area contributed by atoms with E-state index < -0.39 is 0 Å². The first kappa shape index (κ1) is 7.96. The molecule has 0 fully saturated rings. The minimum atomic E-state index is 0.204. The molecular formula is C7H16N-. The Balaban J connectivity index is 2.86. The van der Waals surface area contributed by atoms with Gasteiger partial charge < -0.3 is 5.73 Å². The molecule has 0 bridgehead atoms. The Bertz CT molecular complexity index is 43.7. The third kappa shape index (κ3) is 4.13. The molecule has 0 saturated heterocycles. The van der Waals surface area contributed by atoms with Crippen LogP contribution in [0.1, 0.15) is 39.5 Å². The zero-order chi connectivity index (χ0) is 6.41. The molecule has 0 spiro atoms. The predicted octanol–water partition coefficient (Wildman–Crippen LogP) is 3.01. The van der Waals surface area contributed by atoms with Crippen molar-refractivity contribution in [3.8, 4) is 0 Å². The van der Waals surface area contributed by atoms with Crippen molar-refractivity contribution in [3.63, 3.8) is 0 Å². The summed E-state index contributed by atoms with van der Waals surface area (Å²) < 4.78 is 0. The van der Waals surface area contributed by atoms with Crippen LogP contribution >= 0.6 is 0 Å². The Morgan fingerprint density at radius 1 is 1.38 bits per heavy atom. The summed E-state index contributed by atoms with van der Waals surface area (Å²) in [4.78, 5) is 0. The van der Waals surface area contributed by atoms with E-state index in [1.807, 2.05) is 0 Å². The lowest BCUT2D eigenvalue weighted by atomic mass is 10.1. The molecule has 0 aliphatic rings. The largest absolute Gasteiger partial charge is 0.675 e. The van der Waals surface area contributed by atoms with E-state index in [2.05, 4.69) is 13.8 Å². The molecule has 0 unspecified atom stereocenters. The van der Waals surface area contributed by atoms with Crippen LogP contribution in [0.4, 0.5) is 0 Å². The van der Waals surface area contributed by atoms with Gasteiger partial charge in [0, 0.05) is 0 Å². The van der Waals surface area contributed by atoms with Crippen LogP contribution in [0.25, 0.3) is 5.73 Å². The SMILES string of the molecule is CCCC[C@@H]([NH-])CC. The summed E-state index contributed by atoms with van der Waals surface area (Å²) in [7, 11) is 0. The summed E-state index contributed by atoms with van der Waals surface area (Å²) in [5.74, 6) is 0. The predicted molar refractivity (Wildman–Crippen MR) is 37.9 cm³/mol. The second-order valence-electron chi connectivity index (χ2n) is 2.25. The van der Waals surface area contributed by atoms with Gasteiger partial charge in [0.15, 0.2) is 0 Å². The number of nitrogens with one attached hydrogen (secondary N) is 1. The smallest absolute Gasteiger partial charge is 0.0550 e. The molecule has 0 aromatic carbocycles. The molecule has 1 N–H and O–H groups in total. The first-order valence-corrected chi connectivity index (χ1v) is 3.52. The molecule has 1 heteroatoms. The standard InChI is InChI=1S/C7H16N/c1-3-5-6-7(8)4-2/h7-8H,3-6H2,1-2H3/q-1/t7-/m0/s1. The minimum Gasteiger partial charge on any atom is -0.675 e. The monoisotopic (exact) mass is 114 g/mol. The van der Waals surface area contributed by atoms with E-state index in [4.69, 9.17) is 5.73 Å². The lowest BCUT2D eigenvalue weighted by Crippen LogP contribution is -1.96. The molecule has 0 heterocycles. The Hall–Kier alpha value is -0.0400. The third-order valence-corrected chi connectivity index (χ3v) is 1.40. The van der Waals surface area contributed by atoms with Gasteiger partial charge in [-0.15, -0.1) is 6.04 Å². The molecule has 1 nitrogen and oxygen atoms in total. The normalized spacial score (nSPS) is 13.9. The van der Waals surface area contributed by atoms with Gasteiger partial charge >= 0.3 is 0 Å². The fourth-order valence-electron chi connectivity index (χ4n) is 0.655. The van der Waals surface area contributed by atoms with E-state index >= 15 is 0 Å². The highest BCUT2D eigenvalue weighted by atomic mass is 14.6. The van der Waals surface area contributed by atoms with E-state index in [1.165, 1.54) is 12.8 Å². The molecule has 8 heavy (non-hydrogen) atoms. The van der Waals surface area contributed by atoms with Gasteiger partial charge in [-0.1, -0.05) is 39.5 Å². The molecule has 0 aliphatic carbocycles. The molecule has 0 aromatic heterocycles. The fraction of sp³-hybridized carbons (Fsp3) is 1.00. The molecule has 0 saturated carbocycles. The van der Waals surface area contributed by atoms with Gasteiger partial charge in [0.2, 0.25) is 0 Å². The highest BCUT2D eigenvalue weighted by Gasteiger charge is 1.87. The van der Waals surface area contributed by atoms with Crippen LogP contribution in [0.2, 0.25) is 0 Å². The van der Waals surface area contributed by atoms with Gasteiger partial charge in [-0.05, 0) is 0 Å². The third-order valence-electron chi connectivity index (χ3n) is 1.40. The average Bonchev–Trinajstić information content (AvgIpc) is 1.83. The summed E-state index contributed by atoms with van der Waals surface area (Å²) in [6.07, 6.45) is 4.56. The van der Waals surface area contributed by atoms with Crippen LogP contribution in [-0.2, 0) is 0 Å². The maximum atomic E-state index is 7.32. The minimum absolute atomic E-state index is 0.204. The Morgan fingerprint density at radius 3 is 2.38 bits per heavy atom. The Morgan fingerprint density at radius 2 is 2.00 bits per heavy atom. The van der Waals surface area contributed by atoms with Gasteiger partial charge in [-0.2, -0.15) is 0 Å². The summed E-state index contributed by atoms with van der Waals surface area (Å²) in [6, 6.07) is 0.204. The molecule has 0 aliphatic heterocycles. The van der Waals surface area contributed by atoms with Crippen LogP contribution in [0.15, 0.2) is 0 Å². The molecule has 0 rings (SSSR count). The van der Waals surface area contributed by atoms with E-state index in [1.54, 1.807) is 0 Å². The van der Waals surface area contributed by atoms with Gasteiger partial charge in [0.1, 0.15) is 0 Å². The second kappa shape index (κ2) is 5.10. The van der Waals surface area contributed by atoms with Gasteiger partial charge in [0.05, 0.1) is 0 Å². The van der Waals surface area contributed by atoms with E-state index in [0.717, 1.165) is 12.8 Å². The van der Waals surface area contributed by atoms with Crippen molar-refractivity contribution in [1.82, 2.24) is 0 Å². The first-order chi connectivity index (χ1) is 3.81. The molecule has 0 radical (unpaired) electrons. The lowest BCUT2D eigenvalue weighted by molar-refractivity contribution is 0.624. The number of unbranched alkanes of at least 4 members (excludes halogenated alkanes) is 1. The average molecular weight is 114 g/mol. The van der Waals surface area contributed by atoms with Crippen LogP contribution in [-0.4, -0.2) is 6.04 Å². The maximum absolute atomic E-state index is 7.32. The van der Waals surface area contributed by atoms with E-state index in [-0.39, 0.29) is 6.04 Å². The van der Waals surface area contributed by atoms with Gasteiger partial charge in [-0.25, -0.2) is 0 Å². The molecule has 0 amide bonds. The first-order valence-electron chi connectivity index (χ1n) is 3.52. The van der Waals surface area contributed by atoms with Crippen LogP contribution in [0.5, 0.6) is 0 Å². The van der Waals surface area contributed by atoms with Crippen molar-refractivity contribution in [1.29, 1.82) is 0 Å². The number of hydrogen-bond acceptors (Lipinski definition) is 0. The van der Waals surface area contributed by atoms with Crippen molar-refractivity contribution in [3.05, 3.63) is 5.73 Å². The van der Waals surface area contributed by atoms with Crippen molar-refractivity contribution < 1.29 is 0 Å². The van der Waals surface area contributed by atoms with Gasteiger partial charge in [0.25, 0.3) is 0 Å². The Kier molecular flexibility index (Phi) is 5.08. The zero-order valence-electron chi connectivity index (χ0n) is 5.91. The number of hydrogen-bond donors (Lipinski definition) is 0. The van der Waals surface area contributed by atoms with Crippen molar-refractivity contribution in [2.45, 2.75) is 45.6 Å². The second-order valence-corrected chi connectivity index (χ2v) is 2.25. The topological polar surface area (TPSA) is 23.8 Å². The van der Waals surface area contributed by atoms with Crippen LogP contribution < -0.4 is 0 Å². The molecular weight excluding hydrogens is 98.1 g/mol. The highest BCUT2D eigenvalue weighted by molar-refractivity contribution is 4.70. The highest BCUT2D eigenvalue weighted by Crippen LogP contribution is 2.05.